The number of rotatable bonds is 9. The lowest BCUT2D eigenvalue weighted by Crippen LogP contribution is -2.70. The first-order valence-electron chi connectivity index (χ1n) is 14.6. The molecule has 0 radical (unpaired) electrons. The highest BCUT2D eigenvalue weighted by Gasteiger charge is 2.54. The van der Waals surface area contributed by atoms with Crippen molar-refractivity contribution in [2.24, 2.45) is 0 Å². The smallest absolute Gasteiger partial charge is 0.410 e. The summed E-state index contributed by atoms with van der Waals surface area (Å²) in [5.41, 5.74) is 0.711. The van der Waals surface area contributed by atoms with Crippen LogP contribution in [-0.2, 0) is 23.9 Å². The Morgan fingerprint density at radius 2 is 2.02 bits per heavy atom. The van der Waals surface area contributed by atoms with Gasteiger partial charge in [0.05, 0.1) is 18.1 Å². The van der Waals surface area contributed by atoms with Gasteiger partial charge in [0.2, 0.25) is 11.8 Å². The Kier molecular flexibility index (Phi) is 10.9. The second kappa shape index (κ2) is 15.2. The molecule has 0 aliphatic carbocycles. The highest BCUT2D eigenvalue weighted by molar-refractivity contribution is 8.00. The van der Waals surface area contributed by atoms with Gasteiger partial charge in [-0.2, -0.15) is 0 Å². The maximum Gasteiger partial charge on any atom is 0.410 e. The van der Waals surface area contributed by atoms with Gasteiger partial charge < -0.3 is 29.9 Å². The summed E-state index contributed by atoms with van der Waals surface area (Å²) in [7, 11) is 0. The van der Waals surface area contributed by atoms with Crippen LogP contribution in [0.3, 0.4) is 0 Å². The zero-order valence-corrected chi connectivity index (χ0v) is 26.5. The number of nitrogens with one attached hydrogen (secondary N) is 2. The summed E-state index contributed by atoms with van der Waals surface area (Å²) in [5.74, 6) is -1.82. The van der Waals surface area contributed by atoms with E-state index in [9.17, 15) is 29.1 Å². The molecule has 1 aromatic heterocycles. The summed E-state index contributed by atoms with van der Waals surface area (Å²) in [6.07, 6.45) is 8.79. The average Bonchev–Trinajstić information content (AvgIpc) is 3.86. The van der Waals surface area contributed by atoms with Gasteiger partial charge in [-0.25, -0.2) is 14.6 Å². The minimum absolute atomic E-state index is 0.120. The quantitative estimate of drug-likeness (QED) is 0.157. The maximum absolute atomic E-state index is 13.3. The van der Waals surface area contributed by atoms with Crippen LogP contribution in [0.5, 0.6) is 0 Å². The van der Waals surface area contributed by atoms with Gasteiger partial charge in [-0.15, -0.1) is 23.5 Å². The Labute approximate surface area is 274 Å². The molecule has 2 aromatic rings. The third-order valence-electron chi connectivity index (χ3n) is 7.73. The molecule has 13 nitrogen and oxygen atoms in total. The van der Waals surface area contributed by atoms with Gasteiger partial charge in [-0.1, -0.05) is 30.9 Å². The minimum atomic E-state index is -1.26. The van der Waals surface area contributed by atoms with E-state index in [-0.39, 0.29) is 41.7 Å². The van der Waals surface area contributed by atoms with Crippen molar-refractivity contribution in [3.8, 4) is 0 Å². The number of aliphatic carboxylic acids is 1. The minimum Gasteiger partial charge on any atom is -0.477 e. The average molecular weight is 667 g/mol. The number of likely N-dealkylation sites (tertiary alicyclic amines) is 2. The van der Waals surface area contributed by atoms with Crippen LogP contribution in [0.2, 0.25) is 0 Å². The number of carbonyl (C=O) groups excluding carboxylic acids is 4. The summed E-state index contributed by atoms with van der Waals surface area (Å²) in [6.45, 7) is 4.97. The summed E-state index contributed by atoms with van der Waals surface area (Å²) < 4.78 is 5.09. The summed E-state index contributed by atoms with van der Waals surface area (Å²) in [4.78, 5) is 75.0. The SMILES string of the molecule is C=CCOC(=O)N1CC[C@@H](N2CCC(=CC3=C(C(=O)O)N4C(=O)[C@@H](NC(=O)CSc5ccccc5)[C@H]4SC3)C2=O)C1.c1c[nH]cn1. The molecule has 15 heteroatoms. The standard InChI is InChI=1S/C28H30N4O7S2.C3H4N2/c1-2-12-39-28(38)30-10-9-19(14-30)31-11-8-17(24(31)34)13-18-15-41-26-22(25(35)32(26)23(18)27(36)37)29-21(33)16-40-20-6-4-3-5-7-20;1-2-5-3-4-1/h2-7,13,19,22,26H,1,8-12,14-16H2,(H,29,33)(H,36,37);1-3H,(H,4,5)/t19-,22-,26-;/m1./s1. The Balaban J connectivity index is 0.000000760. The number of amides is 4. The fraction of sp³-hybridized carbons (Fsp3) is 0.355. The predicted molar refractivity (Wildman–Crippen MR) is 171 cm³/mol. The first kappa shape index (κ1) is 32.9. The third kappa shape index (κ3) is 7.48. The Bertz CT molecular complexity index is 1510. The van der Waals surface area contributed by atoms with Crippen LogP contribution in [0.25, 0.3) is 0 Å². The molecule has 4 aliphatic heterocycles. The van der Waals surface area contributed by atoms with Crippen LogP contribution < -0.4 is 5.32 Å². The van der Waals surface area contributed by atoms with Crippen molar-refractivity contribution >= 4 is 53.3 Å². The largest absolute Gasteiger partial charge is 0.477 e. The molecule has 3 fully saturated rings. The van der Waals surface area contributed by atoms with Crippen molar-refractivity contribution in [1.29, 1.82) is 0 Å². The van der Waals surface area contributed by atoms with Crippen LogP contribution >= 0.6 is 23.5 Å². The fourth-order valence-corrected chi connectivity index (χ4v) is 7.60. The number of carboxylic acids is 1. The molecule has 46 heavy (non-hydrogen) atoms. The molecular formula is C31H34N6O7S2. The molecule has 3 N–H and O–H groups in total. The number of thioether (sulfide) groups is 2. The lowest BCUT2D eigenvalue weighted by molar-refractivity contribution is -0.150. The lowest BCUT2D eigenvalue weighted by Gasteiger charge is -2.49. The first-order valence-corrected chi connectivity index (χ1v) is 16.7. The third-order valence-corrected chi connectivity index (χ3v) is 10.0. The molecule has 0 spiro atoms. The molecule has 0 unspecified atom stereocenters. The van der Waals surface area contributed by atoms with Crippen LogP contribution in [-0.4, -0.2) is 115 Å². The van der Waals surface area contributed by atoms with E-state index in [0.29, 0.717) is 43.6 Å². The van der Waals surface area contributed by atoms with E-state index in [1.165, 1.54) is 34.5 Å². The molecular weight excluding hydrogens is 633 g/mol. The highest BCUT2D eigenvalue weighted by Crippen LogP contribution is 2.41. The molecule has 4 aliphatic rings. The number of ether oxygens (including phenoxy) is 1. The van der Waals surface area contributed by atoms with Gasteiger partial charge >= 0.3 is 12.1 Å². The number of imidazole rings is 1. The zero-order chi connectivity index (χ0) is 32.6. The summed E-state index contributed by atoms with van der Waals surface area (Å²) >= 11 is 2.71. The van der Waals surface area contributed by atoms with Crippen LogP contribution in [0.1, 0.15) is 12.8 Å². The van der Waals surface area contributed by atoms with Crippen LogP contribution in [0.15, 0.2) is 89.5 Å². The number of carbonyl (C=O) groups is 5. The zero-order valence-electron chi connectivity index (χ0n) is 24.9. The number of aromatic nitrogens is 2. The molecule has 0 saturated carbocycles. The van der Waals surface area contributed by atoms with Gasteiger partial charge in [-0.3, -0.25) is 19.3 Å². The summed E-state index contributed by atoms with van der Waals surface area (Å²) in [5, 5.41) is 12.2. The van der Waals surface area contributed by atoms with Crippen molar-refractivity contribution in [2.45, 2.75) is 35.2 Å². The van der Waals surface area contributed by atoms with Crippen molar-refractivity contribution in [3.63, 3.8) is 0 Å². The summed E-state index contributed by atoms with van der Waals surface area (Å²) in [6, 6.07) is 8.47. The van der Waals surface area contributed by atoms with Crippen LogP contribution in [0.4, 0.5) is 4.79 Å². The van der Waals surface area contributed by atoms with Gasteiger partial charge in [0.1, 0.15) is 23.7 Å². The van der Waals surface area contributed by atoms with Gasteiger partial charge in [0.25, 0.3) is 5.91 Å². The van der Waals surface area contributed by atoms with E-state index in [0.717, 1.165) is 4.90 Å². The van der Waals surface area contributed by atoms with E-state index >= 15 is 0 Å². The Morgan fingerprint density at radius 1 is 1.22 bits per heavy atom. The molecule has 6 rings (SSSR count). The molecule has 3 saturated heterocycles. The molecule has 1 aromatic carbocycles. The number of aromatic amines is 1. The van der Waals surface area contributed by atoms with E-state index in [1.54, 1.807) is 34.6 Å². The van der Waals surface area contributed by atoms with E-state index in [2.05, 4.69) is 21.9 Å². The number of H-pyrrole nitrogens is 1. The second-order valence-electron chi connectivity index (χ2n) is 10.7. The highest BCUT2D eigenvalue weighted by atomic mass is 32.2. The Morgan fingerprint density at radius 3 is 2.70 bits per heavy atom. The first-order chi connectivity index (χ1) is 22.3. The Hall–Kier alpha value is -4.50. The molecule has 4 amide bonds. The number of benzene rings is 1. The van der Waals surface area contributed by atoms with E-state index in [1.807, 2.05) is 30.3 Å². The number of allylic oxidation sites excluding steroid dienone is 1. The molecule has 5 heterocycles. The van der Waals surface area contributed by atoms with Crippen molar-refractivity contribution in [1.82, 2.24) is 30.0 Å². The second-order valence-corrected chi connectivity index (χ2v) is 12.8. The topological polar surface area (TPSA) is 165 Å². The number of nitrogens with zero attached hydrogens (tertiary/aromatic N) is 4. The number of β-lactam (4-membered cyclic amide) rings is 1. The predicted octanol–water partition coefficient (Wildman–Crippen LogP) is 2.48. The molecule has 0 bridgehead atoms. The van der Waals surface area contributed by atoms with Gasteiger partial charge in [0.15, 0.2) is 0 Å². The lowest BCUT2D eigenvalue weighted by atomic mass is 10.0. The molecule has 242 valence electrons. The van der Waals surface area contributed by atoms with Crippen molar-refractivity contribution in [3.05, 3.63) is 84.6 Å². The number of hydrogen-bond acceptors (Lipinski definition) is 9. The van der Waals surface area contributed by atoms with Gasteiger partial charge in [0, 0.05) is 48.2 Å². The monoisotopic (exact) mass is 666 g/mol. The van der Waals surface area contributed by atoms with Crippen molar-refractivity contribution in [2.75, 3.05) is 37.7 Å². The maximum atomic E-state index is 13.3. The normalized spacial score (nSPS) is 23.0. The van der Waals surface area contributed by atoms with Crippen LogP contribution in [0, 0.1) is 0 Å². The van der Waals surface area contributed by atoms with E-state index in [4.69, 9.17) is 4.74 Å². The number of carboxylic acid groups (broad SMARTS) is 1. The van der Waals surface area contributed by atoms with Gasteiger partial charge in [-0.05, 0) is 36.6 Å². The number of fused-ring (bicyclic) bond motifs is 1. The number of hydrogen-bond donors (Lipinski definition) is 3. The fourth-order valence-electron chi connectivity index (χ4n) is 5.56. The van der Waals surface area contributed by atoms with Crippen molar-refractivity contribution < 1.29 is 33.8 Å². The molecule has 3 atom stereocenters. The van der Waals surface area contributed by atoms with E-state index < -0.39 is 29.4 Å².